The van der Waals surface area contributed by atoms with Crippen LogP contribution in [0.25, 0.3) is 6.08 Å². The molecule has 3 aromatic carbocycles. The number of benzene rings is 3. The van der Waals surface area contributed by atoms with Crippen LogP contribution in [0.15, 0.2) is 89.5 Å². The van der Waals surface area contributed by atoms with Crippen molar-refractivity contribution in [3.8, 4) is 0 Å². The Labute approximate surface area is 289 Å². The van der Waals surface area contributed by atoms with Crippen molar-refractivity contribution in [3.63, 3.8) is 0 Å². The van der Waals surface area contributed by atoms with Crippen LogP contribution in [0.2, 0.25) is 0 Å². The molecule has 0 spiro atoms. The second-order valence-corrected chi connectivity index (χ2v) is 13.8. The molecule has 4 aromatic rings. The Morgan fingerprint density at radius 1 is 0.917 bits per heavy atom. The van der Waals surface area contributed by atoms with E-state index < -0.39 is 17.8 Å². The Morgan fingerprint density at radius 2 is 1.67 bits per heavy atom. The van der Waals surface area contributed by atoms with Crippen LogP contribution in [0.4, 0.5) is 10.7 Å². The molecule has 0 atom stereocenters. The average molecular weight is 682 g/mol. The monoisotopic (exact) mass is 681 g/mol. The minimum Gasteiger partial charge on any atom is -0.462 e. The maximum absolute atomic E-state index is 13.6. The topological polar surface area (TPSA) is 114 Å². The van der Waals surface area contributed by atoms with Crippen molar-refractivity contribution < 1.29 is 23.9 Å². The first kappa shape index (κ1) is 34.7. The van der Waals surface area contributed by atoms with Gasteiger partial charge in [-0.15, -0.1) is 23.1 Å². The largest absolute Gasteiger partial charge is 0.462 e. The number of aryl methyl sites for hydroxylation is 1. The molecule has 3 amide bonds. The van der Waals surface area contributed by atoms with Gasteiger partial charge in [0.1, 0.15) is 10.7 Å². The number of ether oxygens (including phenoxy) is 1. The second kappa shape index (κ2) is 16.4. The van der Waals surface area contributed by atoms with Crippen LogP contribution in [0.1, 0.15) is 81.8 Å². The summed E-state index contributed by atoms with van der Waals surface area (Å²) in [5.74, 6) is -1.06. The molecule has 5 rings (SSSR count). The smallest absolute Gasteiger partial charge is 0.341 e. The summed E-state index contributed by atoms with van der Waals surface area (Å²) in [5, 5.41) is 9.15. The van der Waals surface area contributed by atoms with E-state index in [1.165, 1.54) is 28.7 Å². The number of fused-ring (bicyclic) bond motifs is 1. The molecule has 0 fully saturated rings. The van der Waals surface area contributed by atoms with Gasteiger partial charge in [0.15, 0.2) is 0 Å². The highest BCUT2D eigenvalue weighted by atomic mass is 32.2. The summed E-state index contributed by atoms with van der Waals surface area (Å²) < 4.78 is 5.31. The summed E-state index contributed by atoms with van der Waals surface area (Å²) in [4.78, 5) is 54.3. The van der Waals surface area contributed by atoms with Gasteiger partial charge < -0.3 is 20.7 Å². The predicted octanol–water partition coefficient (Wildman–Crippen LogP) is 8.07. The highest BCUT2D eigenvalue weighted by Crippen LogP contribution is 2.39. The molecule has 0 radical (unpaired) electrons. The molecule has 1 aliphatic carbocycles. The molecule has 10 heteroatoms. The van der Waals surface area contributed by atoms with Gasteiger partial charge in [-0.25, -0.2) is 4.79 Å². The summed E-state index contributed by atoms with van der Waals surface area (Å²) >= 11 is 2.77. The molecule has 1 heterocycles. The number of nitrogens with one attached hydrogen (secondary N) is 3. The molecule has 1 aromatic heterocycles. The van der Waals surface area contributed by atoms with Crippen molar-refractivity contribution in [2.45, 2.75) is 57.3 Å². The van der Waals surface area contributed by atoms with Gasteiger partial charge in [0, 0.05) is 21.0 Å². The molecular weight excluding hydrogens is 643 g/mol. The van der Waals surface area contributed by atoms with E-state index >= 15 is 0 Å². The van der Waals surface area contributed by atoms with E-state index in [1.54, 1.807) is 55.5 Å². The quantitative estimate of drug-likeness (QED) is 0.0792. The van der Waals surface area contributed by atoms with Gasteiger partial charge in [0.2, 0.25) is 5.91 Å². The van der Waals surface area contributed by atoms with Crippen molar-refractivity contribution in [2.24, 2.45) is 0 Å². The number of hydrogen-bond acceptors (Lipinski definition) is 7. The van der Waals surface area contributed by atoms with Crippen LogP contribution < -0.4 is 16.0 Å². The molecule has 248 valence electrons. The average Bonchev–Trinajstić information content (AvgIpc) is 3.45. The fraction of sp³-hybridized carbons (Fsp3) is 0.263. The molecule has 0 unspecified atom stereocenters. The highest BCUT2D eigenvalue weighted by molar-refractivity contribution is 8.00. The molecule has 3 N–H and O–H groups in total. The number of carbonyl (C=O) groups excluding carboxylic acids is 4. The predicted molar refractivity (Wildman–Crippen MR) is 194 cm³/mol. The molecule has 0 saturated heterocycles. The SMILES string of the molecule is CCOC(=O)c1c(NC(=O)CSc2cccc(NC(=O)/C(=C\c3ccc(C(C)C)cc3)NC(=O)c3ccccc3)c2)sc2c1CCCC2. The Bertz CT molecular complexity index is 1810. The van der Waals surface area contributed by atoms with E-state index in [-0.39, 0.29) is 24.0 Å². The maximum Gasteiger partial charge on any atom is 0.341 e. The Balaban J connectivity index is 1.27. The number of thiophene rings is 1. The third-order valence-electron chi connectivity index (χ3n) is 7.81. The number of anilines is 2. The Morgan fingerprint density at radius 3 is 2.40 bits per heavy atom. The van der Waals surface area contributed by atoms with E-state index in [0.29, 0.717) is 27.7 Å². The fourth-order valence-corrected chi connectivity index (χ4v) is 7.38. The Hall–Kier alpha value is -4.67. The third-order valence-corrected chi connectivity index (χ3v) is 10.0. The zero-order valence-electron chi connectivity index (χ0n) is 27.3. The van der Waals surface area contributed by atoms with Crippen molar-refractivity contribution in [1.29, 1.82) is 0 Å². The van der Waals surface area contributed by atoms with Crippen molar-refractivity contribution in [2.75, 3.05) is 23.0 Å². The minimum absolute atomic E-state index is 0.0923. The minimum atomic E-state index is -0.486. The lowest BCUT2D eigenvalue weighted by Gasteiger charge is -2.13. The zero-order valence-corrected chi connectivity index (χ0v) is 28.9. The molecular formula is C38H39N3O5S2. The first-order chi connectivity index (χ1) is 23.2. The first-order valence-corrected chi connectivity index (χ1v) is 17.9. The zero-order chi connectivity index (χ0) is 34.0. The lowest BCUT2D eigenvalue weighted by molar-refractivity contribution is -0.114. The first-order valence-electron chi connectivity index (χ1n) is 16.1. The highest BCUT2D eigenvalue weighted by Gasteiger charge is 2.27. The van der Waals surface area contributed by atoms with E-state index in [1.807, 2.05) is 36.4 Å². The number of thioether (sulfide) groups is 1. The van der Waals surface area contributed by atoms with Crippen LogP contribution in [-0.2, 0) is 27.2 Å². The van der Waals surface area contributed by atoms with Gasteiger partial charge in [-0.2, -0.15) is 0 Å². The van der Waals surface area contributed by atoms with Crippen LogP contribution in [0, 0.1) is 0 Å². The summed E-state index contributed by atoms with van der Waals surface area (Å²) in [6.45, 7) is 6.26. The van der Waals surface area contributed by atoms with Crippen LogP contribution in [0.3, 0.4) is 0 Å². The van der Waals surface area contributed by atoms with Crippen molar-refractivity contribution in [1.82, 2.24) is 5.32 Å². The number of carbonyl (C=O) groups is 4. The van der Waals surface area contributed by atoms with Gasteiger partial charge in [0.05, 0.1) is 17.9 Å². The van der Waals surface area contributed by atoms with Gasteiger partial charge in [0.25, 0.3) is 11.8 Å². The molecule has 0 saturated carbocycles. The second-order valence-electron chi connectivity index (χ2n) is 11.7. The van der Waals surface area contributed by atoms with Crippen molar-refractivity contribution in [3.05, 3.63) is 117 Å². The number of esters is 1. The number of rotatable bonds is 12. The third kappa shape index (κ3) is 9.02. The van der Waals surface area contributed by atoms with E-state index in [9.17, 15) is 19.2 Å². The summed E-state index contributed by atoms with van der Waals surface area (Å²) in [5.41, 5.74) is 4.45. The van der Waals surface area contributed by atoms with E-state index in [0.717, 1.165) is 46.6 Å². The summed E-state index contributed by atoms with van der Waals surface area (Å²) in [7, 11) is 0. The molecule has 1 aliphatic rings. The van der Waals surface area contributed by atoms with E-state index in [2.05, 4.69) is 29.8 Å². The van der Waals surface area contributed by atoms with E-state index in [4.69, 9.17) is 4.74 Å². The lowest BCUT2D eigenvalue weighted by atomic mass is 9.95. The molecule has 0 aliphatic heterocycles. The standard InChI is InChI=1S/C38H39N3O5S2/c1-4-46-38(45)34-30-15-8-9-16-32(30)48-37(34)41-33(42)23-47-29-14-10-13-28(22-29)39-36(44)31(40-35(43)27-11-6-5-7-12-27)21-25-17-19-26(20-18-25)24(2)3/h5-7,10-14,17-22,24H,4,8-9,15-16,23H2,1-3H3,(H,39,44)(H,40,43)(H,41,42)/b31-21+. The van der Waals surface area contributed by atoms with Gasteiger partial charge in [-0.05, 0) is 91.6 Å². The van der Waals surface area contributed by atoms with Crippen LogP contribution >= 0.6 is 23.1 Å². The lowest BCUT2D eigenvalue weighted by Crippen LogP contribution is -2.30. The Kier molecular flexibility index (Phi) is 11.9. The molecule has 0 bridgehead atoms. The van der Waals surface area contributed by atoms with Gasteiger partial charge in [-0.1, -0.05) is 62.4 Å². The summed E-state index contributed by atoms with van der Waals surface area (Å²) in [6.07, 6.45) is 5.42. The fourth-order valence-electron chi connectivity index (χ4n) is 5.33. The molecule has 8 nitrogen and oxygen atoms in total. The maximum atomic E-state index is 13.6. The van der Waals surface area contributed by atoms with Crippen molar-refractivity contribution >= 4 is 63.6 Å². The summed E-state index contributed by atoms with van der Waals surface area (Å²) in [6, 6.07) is 23.7. The number of hydrogen-bond donors (Lipinski definition) is 3. The normalized spacial score (nSPS) is 12.6. The van der Waals surface area contributed by atoms with Crippen LogP contribution in [-0.4, -0.2) is 36.1 Å². The van der Waals surface area contributed by atoms with Gasteiger partial charge >= 0.3 is 5.97 Å². The molecule has 48 heavy (non-hydrogen) atoms. The van der Waals surface area contributed by atoms with Crippen LogP contribution in [0.5, 0.6) is 0 Å². The number of amides is 3. The van der Waals surface area contributed by atoms with Gasteiger partial charge in [-0.3, -0.25) is 14.4 Å².